The number of hydrogen-bond donors (Lipinski definition) is 2. The highest BCUT2D eigenvalue weighted by molar-refractivity contribution is 5.83. The molecule has 2 fully saturated rings. The summed E-state index contributed by atoms with van der Waals surface area (Å²) < 4.78 is 27.2. The van der Waals surface area contributed by atoms with Crippen LogP contribution in [0.1, 0.15) is 78.2 Å². The van der Waals surface area contributed by atoms with Gasteiger partial charge in [0.15, 0.2) is 0 Å². The summed E-state index contributed by atoms with van der Waals surface area (Å²) in [6.45, 7) is 22.9. The molecule has 2 aliphatic rings. The molecule has 3 rings (SSSR count). The van der Waals surface area contributed by atoms with E-state index < -0.39 is 17.9 Å². The molecule has 0 spiro atoms. The van der Waals surface area contributed by atoms with Crippen molar-refractivity contribution in [3.05, 3.63) is 84.0 Å². The van der Waals surface area contributed by atoms with Gasteiger partial charge in [0.25, 0.3) is 5.92 Å². The zero-order valence-corrected chi connectivity index (χ0v) is 28.6. The molecule has 254 valence electrons. The summed E-state index contributed by atoms with van der Waals surface area (Å²) >= 11 is 0. The van der Waals surface area contributed by atoms with Crippen molar-refractivity contribution in [2.24, 2.45) is 11.3 Å². The highest BCUT2D eigenvalue weighted by Gasteiger charge is 2.45. The lowest BCUT2D eigenvalue weighted by atomic mass is 9.74. The molecule has 0 bridgehead atoms. The van der Waals surface area contributed by atoms with E-state index >= 15 is 0 Å². The number of piperidine rings is 1. The number of unbranched alkanes of at least 4 members (excludes halogenated alkanes) is 1. The number of rotatable bonds is 17. The molecular formula is C38H56F2N4O2. The minimum Gasteiger partial charge on any atom is -0.356 e. The molecule has 6 nitrogen and oxygen atoms in total. The van der Waals surface area contributed by atoms with Crippen LogP contribution in [0.15, 0.2) is 78.4 Å². The molecule has 1 heterocycles. The van der Waals surface area contributed by atoms with Crippen LogP contribution in [0.4, 0.5) is 8.78 Å². The summed E-state index contributed by atoms with van der Waals surface area (Å²) in [6, 6.07) is 10.1. The van der Waals surface area contributed by atoms with Gasteiger partial charge in [0.1, 0.15) is 0 Å². The fourth-order valence-electron chi connectivity index (χ4n) is 7.13. The number of nitrogens with zero attached hydrogens (tertiary/aromatic N) is 2. The first-order valence-corrected chi connectivity index (χ1v) is 17.1. The first-order chi connectivity index (χ1) is 21.9. The molecule has 0 aromatic heterocycles. The summed E-state index contributed by atoms with van der Waals surface area (Å²) in [5.74, 6) is -2.72. The number of likely N-dealkylation sites (tertiary alicyclic amines) is 1. The number of amides is 2. The molecule has 1 aliphatic heterocycles. The van der Waals surface area contributed by atoms with Crippen LogP contribution in [0.25, 0.3) is 0 Å². The topological polar surface area (TPSA) is 64.7 Å². The smallest absolute Gasteiger partial charge is 0.257 e. The van der Waals surface area contributed by atoms with Crippen LogP contribution in [0.5, 0.6) is 0 Å². The van der Waals surface area contributed by atoms with E-state index in [2.05, 4.69) is 61.3 Å². The molecule has 1 saturated carbocycles. The average Bonchev–Trinajstić information content (AvgIpc) is 3.21. The van der Waals surface area contributed by atoms with Crippen LogP contribution in [-0.2, 0) is 16.1 Å². The standard InChI is InChI=1S/C38H56F2N4O2/c1-8-22-44(25-31-16-12-11-13-17-31)34(10-3)36(46)43-23-18-32(19-24-43)35(45)42-21-15-14-20-38(27-41-26-37(7,39)40)30(6)28(4)29(5)33(38)9-2/h9,11-13,16-17,32,34,41H,4-6,8,10,14-15,18-27H2,1-3,7H3,(H,42,45)/b33-9+. The van der Waals surface area contributed by atoms with Crippen molar-refractivity contribution in [2.45, 2.75) is 91.1 Å². The Morgan fingerprint density at radius 3 is 2.37 bits per heavy atom. The van der Waals surface area contributed by atoms with Crippen LogP contribution < -0.4 is 10.6 Å². The molecule has 8 heteroatoms. The molecule has 1 saturated heterocycles. The Morgan fingerprint density at radius 1 is 1.11 bits per heavy atom. The average molecular weight is 639 g/mol. The lowest BCUT2D eigenvalue weighted by molar-refractivity contribution is -0.140. The van der Waals surface area contributed by atoms with E-state index in [1.54, 1.807) is 0 Å². The lowest BCUT2D eigenvalue weighted by Crippen LogP contribution is -2.51. The van der Waals surface area contributed by atoms with Crippen molar-refractivity contribution in [3.8, 4) is 0 Å². The summed E-state index contributed by atoms with van der Waals surface area (Å²) in [7, 11) is 0. The van der Waals surface area contributed by atoms with Gasteiger partial charge in [-0.15, -0.1) is 0 Å². The van der Waals surface area contributed by atoms with Gasteiger partial charge in [-0.05, 0) is 79.8 Å². The van der Waals surface area contributed by atoms with Crippen molar-refractivity contribution in [1.29, 1.82) is 0 Å². The predicted molar refractivity (Wildman–Crippen MR) is 184 cm³/mol. The number of nitrogens with one attached hydrogen (secondary N) is 2. The van der Waals surface area contributed by atoms with Gasteiger partial charge in [0.2, 0.25) is 11.8 Å². The zero-order valence-electron chi connectivity index (χ0n) is 28.6. The molecule has 2 N–H and O–H groups in total. The minimum absolute atomic E-state index is 0.0403. The van der Waals surface area contributed by atoms with Gasteiger partial charge in [-0.2, -0.15) is 0 Å². The van der Waals surface area contributed by atoms with Gasteiger partial charge in [0, 0.05) is 51.0 Å². The molecule has 1 aromatic rings. The van der Waals surface area contributed by atoms with Gasteiger partial charge in [-0.25, -0.2) is 8.78 Å². The van der Waals surface area contributed by atoms with Crippen molar-refractivity contribution < 1.29 is 18.4 Å². The molecule has 2 unspecified atom stereocenters. The zero-order chi connectivity index (χ0) is 33.9. The Hall–Kier alpha value is -3.10. The predicted octanol–water partition coefficient (Wildman–Crippen LogP) is 7.06. The van der Waals surface area contributed by atoms with Crippen LogP contribution in [0.2, 0.25) is 0 Å². The molecule has 1 aromatic carbocycles. The molecule has 2 amide bonds. The van der Waals surface area contributed by atoms with Crippen LogP contribution in [0.3, 0.4) is 0 Å². The molecule has 1 aliphatic carbocycles. The second-order valence-electron chi connectivity index (χ2n) is 13.1. The van der Waals surface area contributed by atoms with Crippen molar-refractivity contribution in [2.75, 3.05) is 39.3 Å². The normalized spacial score (nSPS) is 21.0. The van der Waals surface area contributed by atoms with Crippen molar-refractivity contribution in [1.82, 2.24) is 20.4 Å². The monoisotopic (exact) mass is 638 g/mol. The van der Waals surface area contributed by atoms with Gasteiger partial charge in [0.05, 0.1) is 12.6 Å². The van der Waals surface area contributed by atoms with Gasteiger partial charge in [-0.1, -0.05) is 76.4 Å². The van der Waals surface area contributed by atoms with E-state index in [0.29, 0.717) is 45.4 Å². The SMILES string of the molecule is C=C1C(=C)/C(=C\C)C(CCCCNC(=O)C2CCN(C(=O)C(CC)N(CCC)Cc3ccccc3)CC2)(CNCC(C)(F)F)C1=C. The molecule has 46 heavy (non-hydrogen) atoms. The van der Waals surface area contributed by atoms with Crippen LogP contribution in [-0.4, -0.2) is 72.8 Å². The van der Waals surface area contributed by atoms with Crippen molar-refractivity contribution >= 4 is 11.8 Å². The number of hydrogen-bond acceptors (Lipinski definition) is 4. The Morgan fingerprint density at radius 2 is 1.78 bits per heavy atom. The highest BCUT2D eigenvalue weighted by atomic mass is 19.3. The Bertz CT molecular complexity index is 1250. The van der Waals surface area contributed by atoms with E-state index in [1.807, 2.05) is 36.1 Å². The number of carbonyl (C=O) groups is 2. The van der Waals surface area contributed by atoms with Gasteiger partial charge >= 0.3 is 0 Å². The van der Waals surface area contributed by atoms with E-state index in [1.165, 1.54) is 5.56 Å². The fourth-order valence-corrected chi connectivity index (χ4v) is 7.13. The Labute approximate surface area is 276 Å². The number of allylic oxidation sites excluding steroid dienone is 3. The van der Waals surface area contributed by atoms with E-state index in [9.17, 15) is 18.4 Å². The third-order valence-corrected chi connectivity index (χ3v) is 9.66. The Balaban J connectivity index is 1.49. The first-order valence-electron chi connectivity index (χ1n) is 17.1. The highest BCUT2D eigenvalue weighted by Crippen LogP contribution is 2.54. The molecule has 2 atom stereocenters. The van der Waals surface area contributed by atoms with Crippen LogP contribution in [0, 0.1) is 11.3 Å². The van der Waals surface area contributed by atoms with E-state index in [0.717, 1.165) is 68.0 Å². The second-order valence-corrected chi connectivity index (χ2v) is 13.1. The summed E-state index contributed by atoms with van der Waals surface area (Å²) in [4.78, 5) is 30.9. The van der Waals surface area contributed by atoms with Gasteiger partial charge in [-0.3, -0.25) is 14.5 Å². The maximum Gasteiger partial charge on any atom is 0.257 e. The van der Waals surface area contributed by atoms with Crippen LogP contribution >= 0.6 is 0 Å². The number of carbonyl (C=O) groups excluding carboxylic acids is 2. The molecule has 0 radical (unpaired) electrons. The Kier molecular flexibility index (Phi) is 13.9. The fraction of sp³-hybridized carbons (Fsp3) is 0.579. The maximum atomic E-state index is 13.6. The van der Waals surface area contributed by atoms with Gasteiger partial charge < -0.3 is 15.5 Å². The number of halogens is 2. The third-order valence-electron chi connectivity index (χ3n) is 9.66. The second kappa shape index (κ2) is 17.2. The minimum atomic E-state index is -2.81. The lowest BCUT2D eigenvalue weighted by Gasteiger charge is -2.37. The number of benzene rings is 1. The van der Waals surface area contributed by atoms with E-state index in [-0.39, 0.29) is 23.8 Å². The largest absolute Gasteiger partial charge is 0.356 e. The van der Waals surface area contributed by atoms with Crippen molar-refractivity contribution in [3.63, 3.8) is 0 Å². The summed E-state index contributed by atoms with van der Waals surface area (Å²) in [5, 5.41) is 6.07. The summed E-state index contributed by atoms with van der Waals surface area (Å²) in [6.07, 6.45) is 7.26. The quantitative estimate of drug-likeness (QED) is 0.179. The third kappa shape index (κ3) is 9.47. The first kappa shape index (κ1) is 37.4. The molecular weight excluding hydrogens is 582 g/mol. The number of alkyl halides is 2. The summed E-state index contributed by atoms with van der Waals surface area (Å²) in [5.41, 5.74) is 4.07. The van der Waals surface area contributed by atoms with E-state index in [4.69, 9.17) is 0 Å². The maximum absolute atomic E-state index is 13.6.